The van der Waals surface area contributed by atoms with E-state index in [2.05, 4.69) is 10.6 Å². The van der Waals surface area contributed by atoms with Gasteiger partial charge in [-0.15, -0.1) is 0 Å². The number of hydrogen-bond donors (Lipinski definition) is 3. The number of ketones is 2. The molecule has 0 unspecified atom stereocenters. The van der Waals surface area contributed by atoms with Crippen molar-refractivity contribution in [1.29, 1.82) is 0 Å². The molecule has 8 heteroatoms. The van der Waals surface area contributed by atoms with E-state index in [4.69, 9.17) is 10.5 Å². The molecule has 0 aromatic heterocycles. The summed E-state index contributed by atoms with van der Waals surface area (Å²) in [5.41, 5.74) is 6.52. The van der Waals surface area contributed by atoms with Crippen LogP contribution in [-0.4, -0.2) is 35.1 Å². The van der Waals surface area contributed by atoms with Crippen molar-refractivity contribution in [2.75, 3.05) is 0 Å². The van der Waals surface area contributed by atoms with Gasteiger partial charge in [-0.05, 0) is 22.6 Å². The summed E-state index contributed by atoms with van der Waals surface area (Å²) in [4.78, 5) is 53.3. The van der Waals surface area contributed by atoms with Crippen molar-refractivity contribution in [1.82, 2.24) is 10.6 Å². The van der Waals surface area contributed by atoms with Crippen LogP contribution in [0.15, 0.2) is 91.0 Å². The summed E-state index contributed by atoms with van der Waals surface area (Å²) in [6, 6.07) is 25.8. The fourth-order valence-corrected chi connectivity index (χ4v) is 4.13. The first-order valence-electron chi connectivity index (χ1n) is 13.0. The molecule has 204 valence electrons. The summed E-state index contributed by atoms with van der Waals surface area (Å²) in [7, 11) is 0. The van der Waals surface area contributed by atoms with Gasteiger partial charge in [-0.2, -0.15) is 0 Å². The summed E-state index contributed by atoms with van der Waals surface area (Å²) in [5.74, 6) is -3.18. The van der Waals surface area contributed by atoms with Crippen LogP contribution in [0.25, 0.3) is 0 Å². The van der Waals surface area contributed by atoms with Gasteiger partial charge in [0.1, 0.15) is 6.61 Å². The van der Waals surface area contributed by atoms with Crippen LogP contribution in [0, 0.1) is 5.92 Å². The van der Waals surface area contributed by atoms with E-state index < -0.39 is 35.1 Å². The normalized spacial score (nSPS) is 13.8. The topological polar surface area (TPSA) is 128 Å². The molecule has 0 aliphatic rings. The number of Topliss-reactive ketones (excluding diaryl/α,β-unsaturated/α-hetero) is 2. The number of alkyl carbamates (subject to hydrolysis) is 1. The molecule has 0 aliphatic carbocycles. The number of benzene rings is 3. The highest BCUT2D eigenvalue weighted by molar-refractivity contribution is 6.44. The molecule has 4 N–H and O–H groups in total. The molecular formula is C31H35N3O5. The molecule has 0 aliphatic heterocycles. The van der Waals surface area contributed by atoms with Gasteiger partial charge in [0.25, 0.3) is 5.91 Å². The van der Waals surface area contributed by atoms with Gasteiger partial charge in [0, 0.05) is 13.0 Å². The average Bonchev–Trinajstić information content (AvgIpc) is 2.98. The van der Waals surface area contributed by atoms with Crippen LogP contribution in [0.5, 0.6) is 0 Å². The Morgan fingerprint density at radius 1 is 0.821 bits per heavy atom. The minimum Gasteiger partial charge on any atom is -0.445 e. The van der Waals surface area contributed by atoms with Gasteiger partial charge < -0.3 is 21.1 Å². The predicted molar refractivity (Wildman–Crippen MR) is 148 cm³/mol. The minimum absolute atomic E-state index is 0.00664. The summed E-state index contributed by atoms with van der Waals surface area (Å²) < 4.78 is 5.32. The van der Waals surface area contributed by atoms with Crippen molar-refractivity contribution in [2.45, 2.75) is 51.4 Å². The van der Waals surface area contributed by atoms with Crippen molar-refractivity contribution < 1.29 is 23.9 Å². The van der Waals surface area contributed by atoms with E-state index in [1.165, 1.54) is 0 Å². The number of carbonyl (C=O) groups is 4. The van der Waals surface area contributed by atoms with Gasteiger partial charge in [-0.25, -0.2) is 4.79 Å². The lowest BCUT2D eigenvalue weighted by Gasteiger charge is -2.32. The molecule has 2 amide bonds. The smallest absolute Gasteiger partial charge is 0.408 e. The Bertz CT molecular complexity index is 1250. The van der Waals surface area contributed by atoms with Crippen LogP contribution in [0.3, 0.4) is 0 Å². The molecule has 0 fully saturated rings. The molecule has 39 heavy (non-hydrogen) atoms. The van der Waals surface area contributed by atoms with E-state index in [1.54, 1.807) is 49.4 Å². The van der Waals surface area contributed by atoms with Gasteiger partial charge >= 0.3 is 6.09 Å². The third kappa shape index (κ3) is 8.09. The van der Waals surface area contributed by atoms with Gasteiger partial charge in [0.2, 0.25) is 5.78 Å². The monoisotopic (exact) mass is 529 g/mol. The Morgan fingerprint density at radius 3 is 1.87 bits per heavy atom. The largest absolute Gasteiger partial charge is 0.445 e. The van der Waals surface area contributed by atoms with Crippen LogP contribution < -0.4 is 16.4 Å². The summed E-state index contributed by atoms with van der Waals surface area (Å²) in [6.45, 7) is 3.72. The number of nitrogens with two attached hydrogens (primary N) is 1. The number of hydrogen-bond acceptors (Lipinski definition) is 6. The highest BCUT2D eigenvalue weighted by Crippen LogP contribution is 2.21. The Kier molecular flexibility index (Phi) is 10.5. The third-order valence-corrected chi connectivity index (χ3v) is 6.65. The minimum atomic E-state index is -2.22. The Balaban J connectivity index is 1.83. The van der Waals surface area contributed by atoms with E-state index in [0.717, 1.165) is 11.1 Å². The second-order valence-corrected chi connectivity index (χ2v) is 9.56. The standard InChI is InChI=1S/C31H35N3O5/c1-3-22(2)26(34-30(38)39-21-25-17-11-6-12-18-25)27(35)31(32,19-23-13-7-4-8-14-23)28(36)29(37)33-20-24-15-9-5-10-16-24/h4-18,22,26H,3,19-21,32H2,1-2H3,(H,33,37)(H,34,38)/t22-,26-,31-/m0/s1. The highest BCUT2D eigenvalue weighted by atomic mass is 16.5. The molecule has 3 rings (SSSR count). The fraction of sp³-hybridized carbons (Fsp3) is 0.290. The van der Waals surface area contributed by atoms with Gasteiger partial charge in [0.05, 0.1) is 6.04 Å². The van der Waals surface area contributed by atoms with Crippen LogP contribution in [0.1, 0.15) is 37.0 Å². The zero-order chi connectivity index (χ0) is 28.3. The maximum Gasteiger partial charge on any atom is 0.408 e. The Hall–Kier alpha value is -4.30. The molecule has 3 aromatic rings. The molecule has 8 nitrogen and oxygen atoms in total. The number of nitrogens with one attached hydrogen (secondary N) is 2. The number of rotatable bonds is 13. The third-order valence-electron chi connectivity index (χ3n) is 6.65. The van der Waals surface area contributed by atoms with E-state index in [9.17, 15) is 19.2 Å². The first-order valence-corrected chi connectivity index (χ1v) is 13.0. The highest BCUT2D eigenvalue weighted by Gasteiger charge is 2.49. The molecule has 3 aromatic carbocycles. The molecule has 3 atom stereocenters. The van der Waals surface area contributed by atoms with Gasteiger partial charge in [-0.3, -0.25) is 14.4 Å². The van der Waals surface area contributed by atoms with Crippen LogP contribution in [0.4, 0.5) is 4.79 Å². The molecule has 0 bridgehead atoms. The zero-order valence-electron chi connectivity index (χ0n) is 22.3. The second kappa shape index (κ2) is 14.0. The van der Waals surface area contributed by atoms with Crippen LogP contribution in [0.2, 0.25) is 0 Å². The zero-order valence-corrected chi connectivity index (χ0v) is 22.3. The van der Waals surface area contributed by atoms with Crippen LogP contribution in [-0.2, 0) is 38.7 Å². The first kappa shape index (κ1) is 29.3. The SMILES string of the molecule is CC[C@H](C)[C@H](NC(=O)OCc1ccccc1)C(=O)[C@@](N)(Cc1ccccc1)C(=O)C(=O)NCc1ccccc1. The summed E-state index contributed by atoms with van der Waals surface area (Å²) >= 11 is 0. The number of ether oxygens (including phenoxy) is 1. The van der Waals surface area contributed by atoms with Gasteiger partial charge in [0.15, 0.2) is 11.3 Å². The van der Waals surface area contributed by atoms with Crippen molar-refractivity contribution in [3.8, 4) is 0 Å². The fourth-order valence-electron chi connectivity index (χ4n) is 4.13. The lowest BCUT2D eigenvalue weighted by molar-refractivity contribution is -0.145. The maximum absolute atomic E-state index is 14.0. The molecule has 0 spiro atoms. The second-order valence-electron chi connectivity index (χ2n) is 9.56. The summed E-state index contributed by atoms with van der Waals surface area (Å²) in [6.07, 6.45) is -0.524. The Morgan fingerprint density at radius 2 is 1.33 bits per heavy atom. The van der Waals surface area contributed by atoms with Crippen molar-refractivity contribution >= 4 is 23.6 Å². The van der Waals surface area contributed by atoms with Gasteiger partial charge in [-0.1, -0.05) is 111 Å². The average molecular weight is 530 g/mol. The number of amides is 2. The number of carbonyl (C=O) groups excluding carboxylic acids is 4. The summed E-state index contributed by atoms with van der Waals surface area (Å²) in [5, 5.41) is 5.18. The van der Waals surface area contributed by atoms with E-state index in [0.29, 0.717) is 12.0 Å². The lowest BCUT2D eigenvalue weighted by Crippen LogP contribution is -2.66. The predicted octanol–water partition coefficient (Wildman–Crippen LogP) is 3.72. The molecule has 0 saturated heterocycles. The quantitative estimate of drug-likeness (QED) is 0.229. The van der Waals surface area contributed by atoms with E-state index in [1.807, 2.05) is 55.5 Å². The Labute approximate surface area is 228 Å². The molecule has 0 radical (unpaired) electrons. The van der Waals surface area contributed by atoms with Crippen LogP contribution >= 0.6 is 0 Å². The maximum atomic E-state index is 14.0. The van der Waals surface area contributed by atoms with Crippen molar-refractivity contribution in [3.63, 3.8) is 0 Å². The molecule has 0 heterocycles. The molecular weight excluding hydrogens is 494 g/mol. The lowest BCUT2D eigenvalue weighted by atomic mass is 9.77. The molecule has 0 saturated carbocycles. The van der Waals surface area contributed by atoms with Crippen molar-refractivity contribution in [3.05, 3.63) is 108 Å². The van der Waals surface area contributed by atoms with Crippen molar-refractivity contribution in [2.24, 2.45) is 11.7 Å². The van der Waals surface area contributed by atoms with E-state index >= 15 is 0 Å². The first-order chi connectivity index (χ1) is 18.7. The van der Waals surface area contributed by atoms with E-state index in [-0.39, 0.29) is 25.5 Å².